The molecule has 0 aliphatic rings. The second-order valence-electron chi connectivity index (χ2n) is 6.57. The molecule has 0 aliphatic carbocycles. The van der Waals surface area contributed by atoms with Crippen molar-refractivity contribution in [2.45, 2.75) is 45.8 Å². The van der Waals surface area contributed by atoms with Gasteiger partial charge in [-0.25, -0.2) is 9.59 Å². The molecule has 7 nitrogen and oxygen atoms in total. The number of carbonyl (C=O) groups is 3. The first-order chi connectivity index (χ1) is 12.2. The minimum Gasteiger partial charge on any atom is -0.464 e. The van der Waals surface area contributed by atoms with Crippen LogP contribution in [0.5, 0.6) is 0 Å². The summed E-state index contributed by atoms with van der Waals surface area (Å²) >= 11 is 0. The molecule has 0 saturated carbocycles. The predicted octanol–water partition coefficient (Wildman–Crippen LogP) is 2.32. The standard InChI is InChI=1S/C19H26N2O5/c1-6-14(17(23)25-5)20-16(22)15(12-13-10-8-7-9-11-13)21-18(24)26-19(2,3)4/h6-11,15H,12H2,1-5H3,(H,20,22)(H,21,24)/b14-6+/t15-/m0/s1. The molecular weight excluding hydrogens is 336 g/mol. The summed E-state index contributed by atoms with van der Waals surface area (Å²) in [6.07, 6.45) is 0.953. The molecule has 0 unspecified atom stereocenters. The second-order valence-corrected chi connectivity index (χ2v) is 6.57. The van der Waals surface area contributed by atoms with Crippen molar-refractivity contribution in [2.75, 3.05) is 7.11 Å². The van der Waals surface area contributed by atoms with Gasteiger partial charge in [0.1, 0.15) is 17.3 Å². The Labute approximate surface area is 153 Å². The average molecular weight is 362 g/mol. The van der Waals surface area contributed by atoms with Crippen LogP contribution in [0.4, 0.5) is 4.79 Å². The molecule has 1 atom stereocenters. The van der Waals surface area contributed by atoms with E-state index >= 15 is 0 Å². The van der Waals surface area contributed by atoms with Gasteiger partial charge in [-0.3, -0.25) is 4.79 Å². The molecule has 1 aromatic carbocycles. The van der Waals surface area contributed by atoms with Crippen molar-refractivity contribution in [2.24, 2.45) is 0 Å². The van der Waals surface area contributed by atoms with Gasteiger partial charge >= 0.3 is 12.1 Å². The molecule has 0 fully saturated rings. The van der Waals surface area contributed by atoms with Gasteiger partial charge in [-0.2, -0.15) is 0 Å². The van der Waals surface area contributed by atoms with Gasteiger partial charge < -0.3 is 20.1 Å². The van der Waals surface area contributed by atoms with E-state index in [2.05, 4.69) is 15.4 Å². The number of ether oxygens (including phenoxy) is 2. The quantitative estimate of drug-likeness (QED) is 0.598. The van der Waals surface area contributed by atoms with Crippen LogP contribution in [0.2, 0.25) is 0 Å². The molecule has 0 heterocycles. The topological polar surface area (TPSA) is 93.7 Å². The Balaban J connectivity index is 2.93. The number of hydrogen-bond donors (Lipinski definition) is 2. The number of carbonyl (C=O) groups excluding carboxylic acids is 3. The van der Waals surface area contributed by atoms with Crippen molar-refractivity contribution in [3.05, 3.63) is 47.7 Å². The summed E-state index contributed by atoms with van der Waals surface area (Å²) in [5, 5.41) is 5.04. The molecule has 0 saturated heterocycles. The highest BCUT2D eigenvalue weighted by Crippen LogP contribution is 2.09. The summed E-state index contributed by atoms with van der Waals surface area (Å²) in [6, 6.07) is 8.29. The van der Waals surface area contributed by atoms with E-state index in [9.17, 15) is 14.4 Å². The maximum Gasteiger partial charge on any atom is 0.408 e. The number of methoxy groups -OCH3 is 1. The Hall–Kier alpha value is -2.83. The Morgan fingerprint density at radius 3 is 2.27 bits per heavy atom. The van der Waals surface area contributed by atoms with Gasteiger partial charge in [0.25, 0.3) is 0 Å². The normalized spacial score (nSPS) is 12.7. The largest absolute Gasteiger partial charge is 0.464 e. The van der Waals surface area contributed by atoms with E-state index < -0.39 is 29.6 Å². The Kier molecular flexibility index (Phi) is 7.83. The Morgan fingerprint density at radius 2 is 1.77 bits per heavy atom. The number of amides is 2. The highest BCUT2D eigenvalue weighted by molar-refractivity contribution is 5.96. The number of hydrogen-bond acceptors (Lipinski definition) is 5. The lowest BCUT2D eigenvalue weighted by Crippen LogP contribution is -2.49. The first-order valence-corrected chi connectivity index (χ1v) is 8.25. The fraction of sp³-hybridized carbons (Fsp3) is 0.421. The average Bonchev–Trinajstić information content (AvgIpc) is 2.57. The zero-order valence-electron chi connectivity index (χ0n) is 15.8. The molecule has 0 bridgehead atoms. The van der Waals surface area contributed by atoms with E-state index in [1.165, 1.54) is 13.2 Å². The number of allylic oxidation sites excluding steroid dienone is 1. The zero-order valence-corrected chi connectivity index (χ0v) is 15.8. The van der Waals surface area contributed by atoms with Crippen LogP contribution in [0.25, 0.3) is 0 Å². The molecule has 26 heavy (non-hydrogen) atoms. The van der Waals surface area contributed by atoms with Crippen molar-refractivity contribution < 1.29 is 23.9 Å². The van der Waals surface area contributed by atoms with Crippen LogP contribution in [-0.4, -0.2) is 36.7 Å². The van der Waals surface area contributed by atoms with E-state index in [1.54, 1.807) is 27.7 Å². The summed E-state index contributed by atoms with van der Waals surface area (Å²) < 4.78 is 9.83. The zero-order chi connectivity index (χ0) is 19.7. The molecule has 7 heteroatoms. The van der Waals surface area contributed by atoms with Crippen LogP contribution < -0.4 is 10.6 Å². The SMILES string of the molecule is C/C=C(/NC(=O)[C@H](Cc1ccccc1)NC(=O)OC(C)(C)C)C(=O)OC. The third kappa shape index (κ3) is 7.38. The smallest absolute Gasteiger partial charge is 0.408 e. The minimum absolute atomic E-state index is 0.00144. The van der Waals surface area contributed by atoms with E-state index in [0.29, 0.717) is 0 Å². The summed E-state index contributed by atoms with van der Waals surface area (Å²) in [6.45, 7) is 6.79. The summed E-state index contributed by atoms with van der Waals surface area (Å²) in [7, 11) is 1.22. The highest BCUT2D eigenvalue weighted by atomic mass is 16.6. The molecule has 0 spiro atoms. The van der Waals surface area contributed by atoms with Gasteiger partial charge in [0.2, 0.25) is 5.91 Å². The lowest BCUT2D eigenvalue weighted by molar-refractivity contribution is -0.138. The number of esters is 1. The maximum atomic E-state index is 12.6. The molecule has 142 valence electrons. The third-order valence-electron chi connectivity index (χ3n) is 3.24. The van der Waals surface area contributed by atoms with Crippen LogP contribution in [-0.2, 0) is 25.5 Å². The van der Waals surface area contributed by atoms with E-state index in [1.807, 2.05) is 30.3 Å². The monoisotopic (exact) mass is 362 g/mol. The van der Waals surface area contributed by atoms with Crippen molar-refractivity contribution in [1.82, 2.24) is 10.6 Å². The van der Waals surface area contributed by atoms with Crippen molar-refractivity contribution >= 4 is 18.0 Å². The summed E-state index contributed by atoms with van der Waals surface area (Å²) in [4.78, 5) is 36.3. The van der Waals surface area contributed by atoms with E-state index in [0.717, 1.165) is 5.56 Å². The maximum absolute atomic E-state index is 12.6. The first-order valence-electron chi connectivity index (χ1n) is 8.25. The van der Waals surface area contributed by atoms with E-state index in [-0.39, 0.29) is 12.1 Å². The molecule has 1 aromatic rings. The van der Waals surface area contributed by atoms with E-state index in [4.69, 9.17) is 4.74 Å². The molecule has 0 radical (unpaired) electrons. The lowest BCUT2D eigenvalue weighted by atomic mass is 10.1. The fourth-order valence-corrected chi connectivity index (χ4v) is 2.08. The lowest BCUT2D eigenvalue weighted by Gasteiger charge is -2.23. The van der Waals surface area contributed by atoms with Gasteiger partial charge in [-0.1, -0.05) is 36.4 Å². The van der Waals surface area contributed by atoms with Crippen LogP contribution in [0.15, 0.2) is 42.1 Å². The summed E-state index contributed by atoms with van der Waals surface area (Å²) in [5.41, 5.74) is 0.156. The Morgan fingerprint density at radius 1 is 1.15 bits per heavy atom. The molecule has 2 amide bonds. The molecule has 2 N–H and O–H groups in total. The predicted molar refractivity (Wildman–Crippen MR) is 97.2 cm³/mol. The Bertz CT molecular complexity index is 662. The number of alkyl carbamates (subject to hydrolysis) is 1. The number of benzene rings is 1. The minimum atomic E-state index is -0.924. The van der Waals surface area contributed by atoms with Crippen LogP contribution in [0.3, 0.4) is 0 Å². The highest BCUT2D eigenvalue weighted by Gasteiger charge is 2.26. The number of nitrogens with one attached hydrogen (secondary N) is 2. The third-order valence-corrected chi connectivity index (χ3v) is 3.24. The van der Waals surface area contributed by atoms with Gasteiger partial charge in [0.15, 0.2) is 0 Å². The van der Waals surface area contributed by atoms with Gasteiger partial charge in [-0.15, -0.1) is 0 Å². The van der Waals surface area contributed by atoms with Crippen molar-refractivity contribution in [3.8, 4) is 0 Å². The molecular formula is C19H26N2O5. The molecule has 1 rings (SSSR count). The van der Waals surface area contributed by atoms with Gasteiger partial charge in [0, 0.05) is 6.42 Å². The number of rotatable bonds is 6. The van der Waals surface area contributed by atoms with Gasteiger partial charge in [-0.05, 0) is 33.3 Å². The second kappa shape index (κ2) is 9.60. The molecule has 0 aliphatic heterocycles. The van der Waals surface area contributed by atoms with Gasteiger partial charge in [0.05, 0.1) is 7.11 Å². The van der Waals surface area contributed by atoms with Crippen molar-refractivity contribution in [3.63, 3.8) is 0 Å². The van der Waals surface area contributed by atoms with Crippen LogP contribution in [0, 0.1) is 0 Å². The van der Waals surface area contributed by atoms with Crippen LogP contribution >= 0.6 is 0 Å². The summed E-state index contributed by atoms with van der Waals surface area (Å²) in [5.74, 6) is -1.21. The molecule has 0 aromatic heterocycles. The van der Waals surface area contributed by atoms with Crippen molar-refractivity contribution in [1.29, 1.82) is 0 Å². The first kappa shape index (κ1) is 21.2. The fourth-order valence-electron chi connectivity index (χ4n) is 2.08. The van der Waals surface area contributed by atoms with Crippen LogP contribution in [0.1, 0.15) is 33.3 Å².